The number of aliphatic hydroxyl groups excluding tert-OH is 1. The molecule has 1 heterocycles. The van der Waals surface area contributed by atoms with Gasteiger partial charge in [-0.3, -0.25) is 4.79 Å². The van der Waals surface area contributed by atoms with Crippen molar-refractivity contribution < 1.29 is 14.6 Å². The van der Waals surface area contributed by atoms with E-state index >= 15 is 0 Å². The van der Waals surface area contributed by atoms with Crippen molar-refractivity contribution >= 4 is 23.5 Å². The molecule has 0 saturated heterocycles. The Morgan fingerprint density at radius 3 is 2.72 bits per heavy atom. The summed E-state index contributed by atoms with van der Waals surface area (Å²) >= 11 is 5.67. The molecule has 18 heavy (non-hydrogen) atoms. The third-order valence-corrected chi connectivity index (χ3v) is 1.88. The monoisotopic (exact) mass is 275 g/mol. The Morgan fingerprint density at radius 1 is 1.50 bits per heavy atom. The maximum atomic E-state index is 10.6. The van der Waals surface area contributed by atoms with Gasteiger partial charge in [-0.05, 0) is 25.4 Å². The highest BCUT2D eigenvalue weighted by atomic mass is 35.5. The summed E-state index contributed by atoms with van der Waals surface area (Å²) in [6, 6.07) is 0.0565. The number of aliphatic hydroxyl groups is 1. The molecular formula is C9H14ClN5O3. The molecule has 0 aliphatic carbocycles. The number of anilines is 1. The number of carbonyl (C=O) groups excluding carboxylic acids is 1. The van der Waals surface area contributed by atoms with Crippen LogP contribution in [0.4, 0.5) is 5.95 Å². The van der Waals surface area contributed by atoms with E-state index in [0.29, 0.717) is 0 Å². The summed E-state index contributed by atoms with van der Waals surface area (Å²) in [5.41, 5.74) is 4.89. The molecule has 0 spiro atoms. The normalized spacial score (nSPS) is 12.3. The zero-order chi connectivity index (χ0) is 13.7. The molecule has 1 amide bonds. The molecule has 8 nitrogen and oxygen atoms in total. The Hall–Kier alpha value is -1.67. The van der Waals surface area contributed by atoms with Crippen LogP contribution in [-0.4, -0.2) is 44.7 Å². The highest BCUT2D eigenvalue weighted by Crippen LogP contribution is 2.12. The van der Waals surface area contributed by atoms with Gasteiger partial charge >= 0.3 is 6.01 Å². The zero-order valence-corrected chi connectivity index (χ0v) is 10.7. The van der Waals surface area contributed by atoms with Gasteiger partial charge in [-0.1, -0.05) is 0 Å². The van der Waals surface area contributed by atoms with Crippen molar-refractivity contribution in [1.29, 1.82) is 0 Å². The predicted molar refractivity (Wildman–Crippen MR) is 64.3 cm³/mol. The van der Waals surface area contributed by atoms with E-state index in [9.17, 15) is 9.90 Å². The molecule has 0 bridgehead atoms. The Balaban J connectivity index is 2.71. The van der Waals surface area contributed by atoms with E-state index < -0.39 is 12.0 Å². The number of halogens is 1. The minimum atomic E-state index is -1.34. The summed E-state index contributed by atoms with van der Waals surface area (Å²) in [5.74, 6) is -0.757. The van der Waals surface area contributed by atoms with Crippen molar-refractivity contribution in [2.24, 2.45) is 5.73 Å². The molecule has 9 heteroatoms. The smallest absolute Gasteiger partial charge is 0.322 e. The number of hydrogen-bond donors (Lipinski definition) is 3. The molecule has 1 atom stereocenters. The molecule has 1 rings (SSSR count). The number of nitrogens with one attached hydrogen (secondary N) is 1. The van der Waals surface area contributed by atoms with Crippen LogP contribution in [0.1, 0.15) is 13.8 Å². The number of aromatic nitrogens is 3. The van der Waals surface area contributed by atoms with E-state index in [1.165, 1.54) is 0 Å². The molecule has 0 fully saturated rings. The van der Waals surface area contributed by atoms with Gasteiger partial charge in [-0.25, -0.2) is 0 Å². The molecule has 0 aliphatic rings. The number of amides is 1. The summed E-state index contributed by atoms with van der Waals surface area (Å²) in [4.78, 5) is 22.1. The van der Waals surface area contributed by atoms with Crippen molar-refractivity contribution in [2.45, 2.75) is 26.1 Å². The van der Waals surface area contributed by atoms with Crippen LogP contribution in [0.2, 0.25) is 5.28 Å². The van der Waals surface area contributed by atoms with Gasteiger partial charge in [0.1, 0.15) is 6.10 Å². The Morgan fingerprint density at radius 2 is 2.17 bits per heavy atom. The van der Waals surface area contributed by atoms with Crippen LogP contribution < -0.4 is 15.8 Å². The fourth-order valence-electron chi connectivity index (χ4n) is 0.963. The summed E-state index contributed by atoms with van der Waals surface area (Å²) < 4.78 is 5.25. The number of hydrogen-bond acceptors (Lipinski definition) is 7. The van der Waals surface area contributed by atoms with Crippen LogP contribution in [0, 0.1) is 0 Å². The van der Waals surface area contributed by atoms with Crippen LogP contribution >= 0.6 is 11.6 Å². The van der Waals surface area contributed by atoms with Crippen molar-refractivity contribution in [1.82, 2.24) is 15.0 Å². The van der Waals surface area contributed by atoms with Gasteiger partial charge in [0.2, 0.25) is 17.1 Å². The minimum absolute atomic E-state index is 0.0565. The van der Waals surface area contributed by atoms with Crippen LogP contribution in [0.3, 0.4) is 0 Å². The Kier molecular flexibility index (Phi) is 5.05. The molecule has 1 unspecified atom stereocenters. The number of carbonyl (C=O) groups is 1. The average molecular weight is 276 g/mol. The lowest BCUT2D eigenvalue weighted by atomic mass is 10.3. The lowest BCUT2D eigenvalue weighted by Gasteiger charge is -2.11. The predicted octanol–water partition coefficient (Wildman–Crippen LogP) is -0.430. The maximum absolute atomic E-state index is 10.6. The summed E-state index contributed by atoms with van der Waals surface area (Å²) in [7, 11) is 0. The lowest BCUT2D eigenvalue weighted by molar-refractivity contribution is -0.125. The summed E-state index contributed by atoms with van der Waals surface area (Å²) in [6.07, 6.45) is -1.46. The fourth-order valence-corrected chi connectivity index (χ4v) is 1.12. The van der Waals surface area contributed by atoms with Gasteiger partial charge in [0.15, 0.2) is 0 Å². The molecule has 100 valence electrons. The highest BCUT2D eigenvalue weighted by molar-refractivity contribution is 6.28. The van der Waals surface area contributed by atoms with Gasteiger partial charge in [-0.2, -0.15) is 15.0 Å². The van der Waals surface area contributed by atoms with E-state index in [1.54, 1.807) is 0 Å². The first-order valence-corrected chi connectivity index (χ1v) is 5.55. The van der Waals surface area contributed by atoms with Crippen LogP contribution in [0.15, 0.2) is 0 Å². The molecule has 0 saturated carbocycles. The second-order valence-corrected chi connectivity index (χ2v) is 4.01. The first-order chi connectivity index (χ1) is 8.38. The third-order valence-electron chi connectivity index (χ3n) is 1.71. The van der Waals surface area contributed by atoms with Crippen molar-refractivity contribution in [3.63, 3.8) is 0 Å². The van der Waals surface area contributed by atoms with E-state index in [4.69, 9.17) is 22.1 Å². The molecular weight excluding hydrogens is 262 g/mol. The van der Waals surface area contributed by atoms with Crippen molar-refractivity contribution in [3.05, 3.63) is 5.28 Å². The van der Waals surface area contributed by atoms with Gasteiger partial charge in [0.25, 0.3) is 0 Å². The summed E-state index contributed by atoms with van der Waals surface area (Å²) in [6.45, 7) is 3.49. The molecule has 4 N–H and O–H groups in total. The molecule has 0 radical (unpaired) electrons. The van der Waals surface area contributed by atoms with Crippen LogP contribution in [-0.2, 0) is 4.79 Å². The number of ether oxygens (including phenoxy) is 1. The van der Waals surface area contributed by atoms with Crippen LogP contribution in [0.25, 0.3) is 0 Å². The second kappa shape index (κ2) is 6.31. The SMILES string of the molecule is CC(C)Oc1nc(Cl)nc(NCC(O)C(N)=O)n1. The number of rotatable bonds is 6. The van der Waals surface area contributed by atoms with Crippen LogP contribution in [0.5, 0.6) is 6.01 Å². The minimum Gasteiger partial charge on any atom is -0.461 e. The molecule has 1 aromatic heterocycles. The standard InChI is InChI=1S/C9H14ClN5O3/c1-4(2)18-9-14-7(10)13-8(15-9)12-3-5(16)6(11)17/h4-5,16H,3H2,1-2H3,(H2,11,17)(H,12,13,14,15). The van der Waals surface area contributed by atoms with E-state index in [0.717, 1.165) is 0 Å². The fraction of sp³-hybridized carbons (Fsp3) is 0.556. The first-order valence-electron chi connectivity index (χ1n) is 5.18. The zero-order valence-electron chi connectivity index (χ0n) is 9.92. The van der Waals surface area contributed by atoms with Crippen molar-refractivity contribution in [2.75, 3.05) is 11.9 Å². The maximum Gasteiger partial charge on any atom is 0.322 e. The number of primary amides is 1. The highest BCUT2D eigenvalue weighted by Gasteiger charge is 2.12. The number of nitrogens with zero attached hydrogens (tertiary/aromatic N) is 3. The van der Waals surface area contributed by atoms with E-state index in [-0.39, 0.29) is 29.9 Å². The third kappa shape index (κ3) is 4.68. The summed E-state index contributed by atoms with van der Waals surface area (Å²) in [5, 5.41) is 11.7. The van der Waals surface area contributed by atoms with Gasteiger partial charge in [0, 0.05) is 0 Å². The van der Waals surface area contributed by atoms with E-state index in [1.807, 2.05) is 13.8 Å². The molecule has 1 aromatic rings. The van der Waals surface area contributed by atoms with Gasteiger partial charge in [0.05, 0.1) is 12.6 Å². The first kappa shape index (κ1) is 14.4. The van der Waals surface area contributed by atoms with Gasteiger partial charge < -0.3 is 20.9 Å². The topological polar surface area (TPSA) is 123 Å². The Bertz CT molecular complexity index is 429. The van der Waals surface area contributed by atoms with E-state index in [2.05, 4.69) is 20.3 Å². The van der Waals surface area contributed by atoms with Crippen molar-refractivity contribution in [3.8, 4) is 6.01 Å². The number of nitrogens with two attached hydrogens (primary N) is 1. The lowest BCUT2D eigenvalue weighted by Crippen LogP contribution is -2.34. The quantitative estimate of drug-likeness (QED) is 0.643. The molecule has 0 aromatic carbocycles. The van der Waals surface area contributed by atoms with Gasteiger partial charge in [-0.15, -0.1) is 0 Å². The average Bonchev–Trinajstić information content (AvgIpc) is 2.23. The largest absolute Gasteiger partial charge is 0.461 e. The second-order valence-electron chi connectivity index (χ2n) is 3.68. The molecule has 0 aliphatic heterocycles. The Labute approximate surface area is 109 Å².